The van der Waals surface area contributed by atoms with Crippen molar-refractivity contribution < 1.29 is 9.32 Å². The van der Waals surface area contributed by atoms with Gasteiger partial charge in [-0.2, -0.15) is 4.98 Å². The van der Waals surface area contributed by atoms with E-state index in [4.69, 9.17) is 4.52 Å². The number of urea groups is 1. The number of hydrogen-bond donors (Lipinski definition) is 1. The van der Waals surface area contributed by atoms with E-state index < -0.39 is 0 Å². The van der Waals surface area contributed by atoms with Crippen LogP contribution in [0.15, 0.2) is 29.0 Å². The molecule has 0 bridgehead atoms. The first-order valence-electron chi connectivity index (χ1n) is 7.43. The molecule has 1 saturated heterocycles. The van der Waals surface area contributed by atoms with Gasteiger partial charge in [0.1, 0.15) is 0 Å². The van der Waals surface area contributed by atoms with Gasteiger partial charge in [-0.05, 0) is 32.4 Å². The second-order valence-electron chi connectivity index (χ2n) is 5.73. The van der Waals surface area contributed by atoms with Gasteiger partial charge in [0.25, 0.3) is 5.89 Å². The maximum absolute atomic E-state index is 12.0. The Labute approximate surface area is 128 Å². The summed E-state index contributed by atoms with van der Waals surface area (Å²) in [6, 6.07) is 3.76. The van der Waals surface area contributed by atoms with E-state index in [0.29, 0.717) is 24.8 Å². The van der Waals surface area contributed by atoms with Crippen molar-refractivity contribution in [3.05, 3.63) is 30.4 Å². The topological polar surface area (TPSA) is 84.2 Å². The van der Waals surface area contributed by atoms with Crippen LogP contribution in [0.2, 0.25) is 0 Å². The molecule has 1 aliphatic rings. The molecule has 2 aromatic heterocycles. The molecule has 116 valence electrons. The molecular weight excluding hydrogens is 282 g/mol. The smallest absolute Gasteiger partial charge is 0.317 e. The summed E-state index contributed by atoms with van der Waals surface area (Å²) in [6.45, 7) is 5.23. The Morgan fingerprint density at radius 1 is 1.41 bits per heavy atom. The number of carbonyl (C=O) groups is 1. The van der Waals surface area contributed by atoms with Gasteiger partial charge in [-0.1, -0.05) is 5.16 Å². The normalized spacial score (nSPS) is 18.0. The second kappa shape index (κ2) is 6.13. The first-order valence-corrected chi connectivity index (χ1v) is 7.43. The van der Waals surface area contributed by atoms with Gasteiger partial charge in [-0.3, -0.25) is 4.98 Å². The molecule has 1 fully saturated rings. The number of likely N-dealkylation sites (tertiary alicyclic amines) is 1. The fourth-order valence-corrected chi connectivity index (χ4v) is 2.51. The number of pyridine rings is 1. The molecule has 0 aromatic carbocycles. The van der Waals surface area contributed by atoms with Gasteiger partial charge in [0.05, 0.1) is 0 Å². The summed E-state index contributed by atoms with van der Waals surface area (Å²) < 4.78 is 5.32. The lowest BCUT2D eigenvalue weighted by molar-refractivity contribution is 0.205. The third-order valence-corrected chi connectivity index (χ3v) is 3.62. The van der Waals surface area contributed by atoms with Gasteiger partial charge in [0.2, 0.25) is 0 Å². The Balaban J connectivity index is 1.67. The van der Waals surface area contributed by atoms with Crippen LogP contribution in [0.4, 0.5) is 4.79 Å². The lowest BCUT2D eigenvalue weighted by atomic mass is 10.1. The van der Waals surface area contributed by atoms with E-state index in [9.17, 15) is 4.79 Å². The largest absolute Gasteiger partial charge is 0.336 e. The molecule has 0 saturated carbocycles. The zero-order valence-electron chi connectivity index (χ0n) is 12.7. The number of aromatic nitrogens is 3. The van der Waals surface area contributed by atoms with Gasteiger partial charge in [-0.15, -0.1) is 0 Å². The molecule has 0 radical (unpaired) electrons. The standard InChI is InChI=1S/C15H19N5O2/c1-10(2)17-15(21)20-8-5-12(9-20)13-18-14(22-19-13)11-3-6-16-7-4-11/h3-4,6-7,10,12H,5,8-9H2,1-2H3,(H,17,21). The first kappa shape index (κ1) is 14.5. The molecule has 1 atom stereocenters. The molecule has 0 spiro atoms. The quantitative estimate of drug-likeness (QED) is 0.937. The zero-order chi connectivity index (χ0) is 15.5. The number of carbonyl (C=O) groups excluding carboxylic acids is 1. The summed E-state index contributed by atoms with van der Waals surface area (Å²) in [5.74, 6) is 1.27. The average molecular weight is 301 g/mol. The van der Waals surface area contributed by atoms with Crippen molar-refractivity contribution in [2.75, 3.05) is 13.1 Å². The highest BCUT2D eigenvalue weighted by Crippen LogP contribution is 2.27. The van der Waals surface area contributed by atoms with Gasteiger partial charge < -0.3 is 14.7 Å². The van der Waals surface area contributed by atoms with Gasteiger partial charge in [-0.25, -0.2) is 4.79 Å². The van der Waals surface area contributed by atoms with Crippen molar-refractivity contribution in [1.82, 2.24) is 25.3 Å². The maximum atomic E-state index is 12.0. The van der Waals surface area contributed by atoms with E-state index in [1.807, 2.05) is 26.0 Å². The molecule has 1 aliphatic heterocycles. The van der Waals surface area contributed by atoms with Crippen molar-refractivity contribution >= 4 is 6.03 Å². The molecule has 7 nitrogen and oxygen atoms in total. The molecule has 1 N–H and O–H groups in total. The Morgan fingerprint density at radius 2 is 2.18 bits per heavy atom. The van der Waals surface area contributed by atoms with Crippen LogP contribution >= 0.6 is 0 Å². The zero-order valence-corrected chi connectivity index (χ0v) is 12.7. The molecule has 1 unspecified atom stereocenters. The fraction of sp³-hybridized carbons (Fsp3) is 0.467. The second-order valence-corrected chi connectivity index (χ2v) is 5.73. The minimum absolute atomic E-state index is 0.0321. The van der Waals surface area contributed by atoms with Crippen LogP contribution in [0.25, 0.3) is 11.5 Å². The first-order chi connectivity index (χ1) is 10.6. The summed E-state index contributed by atoms with van der Waals surface area (Å²) in [5, 5.41) is 6.97. The molecule has 22 heavy (non-hydrogen) atoms. The Kier molecular flexibility index (Phi) is 4.04. The molecule has 0 aliphatic carbocycles. The summed E-state index contributed by atoms with van der Waals surface area (Å²) in [4.78, 5) is 22.2. The minimum atomic E-state index is -0.0321. The van der Waals surface area contributed by atoms with Crippen LogP contribution in [0, 0.1) is 0 Å². The number of amides is 2. The Bertz CT molecular complexity index is 640. The highest BCUT2D eigenvalue weighted by Gasteiger charge is 2.30. The van der Waals surface area contributed by atoms with Crippen LogP contribution in [0.1, 0.15) is 32.0 Å². The summed E-state index contributed by atoms with van der Waals surface area (Å²) >= 11 is 0. The monoisotopic (exact) mass is 301 g/mol. The number of nitrogens with one attached hydrogen (secondary N) is 1. The van der Waals surface area contributed by atoms with Crippen molar-refractivity contribution in [1.29, 1.82) is 0 Å². The fourth-order valence-electron chi connectivity index (χ4n) is 2.51. The van der Waals surface area contributed by atoms with E-state index in [1.54, 1.807) is 17.3 Å². The van der Waals surface area contributed by atoms with E-state index in [2.05, 4.69) is 20.4 Å². The highest BCUT2D eigenvalue weighted by atomic mass is 16.5. The lowest BCUT2D eigenvalue weighted by Crippen LogP contribution is -2.41. The van der Waals surface area contributed by atoms with Crippen LogP contribution in [-0.4, -0.2) is 45.2 Å². The third kappa shape index (κ3) is 3.08. The minimum Gasteiger partial charge on any atom is -0.336 e. The van der Waals surface area contributed by atoms with Gasteiger partial charge in [0, 0.05) is 43.0 Å². The van der Waals surface area contributed by atoms with E-state index >= 15 is 0 Å². The molecule has 2 amide bonds. The lowest BCUT2D eigenvalue weighted by Gasteiger charge is -2.18. The predicted octanol–water partition coefficient (Wildman–Crippen LogP) is 2.04. The molecule has 2 aromatic rings. The molecular formula is C15H19N5O2. The van der Waals surface area contributed by atoms with E-state index in [0.717, 1.165) is 12.0 Å². The molecule has 7 heteroatoms. The van der Waals surface area contributed by atoms with Crippen molar-refractivity contribution in [3.63, 3.8) is 0 Å². The maximum Gasteiger partial charge on any atom is 0.317 e. The molecule has 3 heterocycles. The van der Waals surface area contributed by atoms with Crippen LogP contribution in [0.3, 0.4) is 0 Å². The van der Waals surface area contributed by atoms with Gasteiger partial charge >= 0.3 is 6.03 Å². The average Bonchev–Trinajstić information content (AvgIpc) is 3.17. The van der Waals surface area contributed by atoms with Crippen molar-refractivity contribution in [2.24, 2.45) is 0 Å². The van der Waals surface area contributed by atoms with Crippen molar-refractivity contribution in [2.45, 2.75) is 32.2 Å². The summed E-state index contributed by atoms with van der Waals surface area (Å²) in [7, 11) is 0. The summed E-state index contributed by atoms with van der Waals surface area (Å²) in [5.41, 5.74) is 0.848. The Morgan fingerprint density at radius 3 is 2.91 bits per heavy atom. The van der Waals surface area contributed by atoms with Crippen LogP contribution in [-0.2, 0) is 0 Å². The highest BCUT2D eigenvalue weighted by molar-refractivity contribution is 5.74. The number of rotatable bonds is 3. The number of nitrogens with zero attached hydrogens (tertiary/aromatic N) is 4. The van der Waals surface area contributed by atoms with Crippen molar-refractivity contribution in [3.8, 4) is 11.5 Å². The SMILES string of the molecule is CC(C)NC(=O)N1CCC(c2noc(-c3ccncc3)n2)C1. The van der Waals surface area contributed by atoms with Gasteiger partial charge in [0.15, 0.2) is 5.82 Å². The predicted molar refractivity (Wildman–Crippen MR) is 80.1 cm³/mol. The Hall–Kier alpha value is -2.44. The molecule has 3 rings (SSSR count). The third-order valence-electron chi connectivity index (χ3n) is 3.62. The summed E-state index contributed by atoms with van der Waals surface area (Å²) in [6.07, 6.45) is 4.22. The van der Waals surface area contributed by atoms with E-state index in [1.165, 1.54) is 0 Å². The van der Waals surface area contributed by atoms with Crippen LogP contribution < -0.4 is 5.32 Å². The number of hydrogen-bond acceptors (Lipinski definition) is 5. The van der Waals surface area contributed by atoms with Crippen LogP contribution in [0.5, 0.6) is 0 Å². The van der Waals surface area contributed by atoms with E-state index in [-0.39, 0.29) is 18.0 Å².